The van der Waals surface area contributed by atoms with Crippen molar-refractivity contribution in [2.24, 2.45) is 5.73 Å². The lowest BCUT2D eigenvalue weighted by atomic mass is 10.1. The molecule has 0 spiro atoms. The molecule has 0 unspecified atom stereocenters. The molecule has 2 rings (SSSR count). The molecule has 1 nitrogen and oxygen atoms in total. The zero-order valence-electron chi connectivity index (χ0n) is 11.2. The van der Waals surface area contributed by atoms with Crippen LogP contribution >= 0.6 is 23.4 Å². The molecule has 0 bridgehead atoms. The first-order valence-electron chi connectivity index (χ1n) is 6.34. The molecule has 0 radical (unpaired) electrons. The van der Waals surface area contributed by atoms with E-state index in [0.29, 0.717) is 6.54 Å². The van der Waals surface area contributed by atoms with Crippen LogP contribution in [0, 0.1) is 13.8 Å². The molecule has 100 valence electrons. The molecule has 0 aliphatic heterocycles. The summed E-state index contributed by atoms with van der Waals surface area (Å²) < 4.78 is 0. The molecule has 0 saturated heterocycles. The van der Waals surface area contributed by atoms with Crippen LogP contribution in [0.2, 0.25) is 5.02 Å². The van der Waals surface area contributed by atoms with Gasteiger partial charge in [-0.3, -0.25) is 0 Å². The highest BCUT2D eigenvalue weighted by Gasteiger charge is 2.04. The summed E-state index contributed by atoms with van der Waals surface area (Å²) in [6, 6.07) is 12.7. The SMILES string of the molecule is Cc1ccc(Sc2ccc(CCN)c(Cl)c2)cc1C. The smallest absolute Gasteiger partial charge is 0.0449 e. The number of aryl methyl sites for hydroxylation is 2. The Balaban J connectivity index is 2.19. The van der Waals surface area contributed by atoms with Crippen LogP contribution < -0.4 is 5.73 Å². The molecule has 2 aromatic carbocycles. The van der Waals surface area contributed by atoms with Gasteiger partial charge in [0, 0.05) is 14.8 Å². The van der Waals surface area contributed by atoms with Crippen LogP contribution in [0.3, 0.4) is 0 Å². The highest BCUT2D eigenvalue weighted by molar-refractivity contribution is 7.99. The third-order valence-electron chi connectivity index (χ3n) is 3.15. The van der Waals surface area contributed by atoms with E-state index in [1.807, 2.05) is 6.07 Å². The van der Waals surface area contributed by atoms with Crippen LogP contribution in [-0.2, 0) is 6.42 Å². The van der Waals surface area contributed by atoms with E-state index in [1.54, 1.807) is 11.8 Å². The third-order valence-corrected chi connectivity index (χ3v) is 4.48. The quantitative estimate of drug-likeness (QED) is 0.890. The Kier molecular flexibility index (Phi) is 4.92. The Bertz CT molecular complexity index is 581. The number of hydrogen-bond donors (Lipinski definition) is 1. The summed E-state index contributed by atoms with van der Waals surface area (Å²) in [7, 11) is 0. The third kappa shape index (κ3) is 3.75. The van der Waals surface area contributed by atoms with Crippen molar-refractivity contribution < 1.29 is 0 Å². The fourth-order valence-corrected chi connectivity index (χ4v) is 3.16. The Labute approximate surface area is 124 Å². The maximum atomic E-state index is 6.26. The molecule has 0 aromatic heterocycles. The highest BCUT2D eigenvalue weighted by Crippen LogP contribution is 2.31. The second kappa shape index (κ2) is 6.47. The van der Waals surface area contributed by atoms with Crippen LogP contribution in [0.5, 0.6) is 0 Å². The van der Waals surface area contributed by atoms with Gasteiger partial charge < -0.3 is 5.73 Å². The van der Waals surface area contributed by atoms with Crippen LogP contribution in [0.1, 0.15) is 16.7 Å². The van der Waals surface area contributed by atoms with Crippen molar-refractivity contribution in [3.8, 4) is 0 Å². The monoisotopic (exact) mass is 291 g/mol. The molecular weight excluding hydrogens is 274 g/mol. The molecule has 0 heterocycles. The normalized spacial score (nSPS) is 10.7. The van der Waals surface area contributed by atoms with E-state index >= 15 is 0 Å². The molecule has 2 aromatic rings. The molecule has 0 aliphatic rings. The lowest BCUT2D eigenvalue weighted by Gasteiger charge is -2.08. The summed E-state index contributed by atoms with van der Waals surface area (Å²) in [6.07, 6.45) is 0.827. The van der Waals surface area contributed by atoms with E-state index in [0.717, 1.165) is 21.9 Å². The molecule has 3 heteroatoms. The Morgan fingerprint density at radius 1 is 1.00 bits per heavy atom. The summed E-state index contributed by atoms with van der Waals surface area (Å²) in [5.41, 5.74) is 9.31. The molecular formula is C16H18ClNS. The maximum absolute atomic E-state index is 6.26. The lowest BCUT2D eigenvalue weighted by Crippen LogP contribution is -2.02. The van der Waals surface area contributed by atoms with Gasteiger partial charge in [-0.2, -0.15) is 0 Å². The van der Waals surface area contributed by atoms with Crippen molar-refractivity contribution in [2.75, 3.05) is 6.54 Å². The molecule has 2 N–H and O–H groups in total. The van der Waals surface area contributed by atoms with Crippen molar-refractivity contribution in [1.82, 2.24) is 0 Å². The van der Waals surface area contributed by atoms with Gasteiger partial charge in [0.25, 0.3) is 0 Å². The van der Waals surface area contributed by atoms with Gasteiger partial charge in [-0.15, -0.1) is 0 Å². The van der Waals surface area contributed by atoms with Gasteiger partial charge in [-0.1, -0.05) is 35.5 Å². The zero-order valence-corrected chi connectivity index (χ0v) is 12.8. The minimum Gasteiger partial charge on any atom is -0.330 e. The minimum absolute atomic E-state index is 0.628. The Morgan fingerprint density at radius 2 is 1.68 bits per heavy atom. The molecule has 0 atom stereocenters. The summed E-state index contributed by atoms with van der Waals surface area (Å²) in [5, 5.41) is 0.805. The first kappa shape index (κ1) is 14.4. The molecule has 0 aliphatic carbocycles. The first-order valence-corrected chi connectivity index (χ1v) is 7.53. The van der Waals surface area contributed by atoms with Gasteiger partial charge in [0.1, 0.15) is 0 Å². The average molecular weight is 292 g/mol. The molecule has 19 heavy (non-hydrogen) atoms. The number of benzene rings is 2. The van der Waals surface area contributed by atoms with Gasteiger partial charge in [0.05, 0.1) is 0 Å². The number of halogens is 1. The minimum atomic E-state index is 0.628. The van der Waals surface area contributed by atoms with Gasteiger partial charge in [0.2, 0.25) is 0 Å². The van der Waals surface area contributed by atoms with E-state index in [4.69, 9.17) is 17.3 Å². The van der Waals surface area contributed by atoms with E-state index in [2.05, 4.69) is 44.2 Å². The lowest BCUT2D eigenvalue weighted by molar-refractivity contribution is 0.967. The van der Waals surface area contributed by atoms with Gasteiger partial charge >= 0.3 is 0 Å². The van der Waals surface area contributed by atoms with E-state index in [9.17, 15) is 0 Å². The molecule has 0 amide bonds. The fourth-order valence-electron chi connectivity index (χ4n) is 1.86. The molecule has 0 saturated carbocycles. The number of nitrogens with two attached hydrogens (primary N) is 1. The Morgan fingerprint density at radius 3 is 2.32 bits per heavy atom. The average Bonchev–Trinajstić information content (AvgIpc) is 2.37. The zero-order chi connectivity index (χ0) is 13.8. The fraction of sp³-hybridized carbons (Fsp3) is 0.250. The van der Waals surface area contributed by atoms with Crippen LogP contribution in [0.15, 0.2) is 46.2 Å². The number of rotatable bonds is 4. The van der Waals surface area contributed by atoms with Gasteiger partial charge in [-0.25, -0.2) is 0 Å². The maximum Gasteiger partial charge on any atom is 0.0449 e. The van der Waals surface area contributed by atoms with Gasteiger partial charge in [-0.05, 0) is 67.8 Å². The summed E-state index contributed by atoms with van der Waals surface area (Å²) in [5.74, 6) is 0. The first-order chi connectivity index (χ1) is 9.10. The van der Waals surface area contributed by atoms with E-state index in [-0.39, 0.29) is 0 Å². The van der Waals surface area contributed by atoms with Crippen molar-refractivity contribution >= 4 is 23.4 Å². The van der Waals surface area contributed by atoms with Crippen LogP contribution in [0.4, 0.5) is 0 Å². The summed E-state index contributed by atoms with van der Waals surface area (Å²) >= 11 is 8.00. The summed E-state index contributed by atoms with van der Waals surface area (Å²) in [4.78, 5) is 2.40. The molecule has 0 fully saturated rings. The van der Waals surface area contributed by atoms with Crippen molar-refractivity contribution in [1.29, 1.82) is 0 Å². The standard InChI is InChI=1S/C16H18ClNS/c1-11-3-5-14(9-12(11)2)19-15-6-4-13(7-8-18)16(17)10-15/h3-6,9-10H,7-8,18H2,1-2H3. The van der Waals surface area contributed by atoms with E-state index in [1.165, 1.54) is 16.0 Å². The van der Waals surface area contributed by atoms with Gasteiger partial charge in [0.15, 0.2) is 0 Å². The topological polar surface area (TPSA) is 26.0 Å². The van der Waals surface area contributed by atoms with Crippen molar-refractivity contribution in [3.05, 3.63) is 58.1 Å². The van der Waals surface area contributed by atoms with Crippen LogP contribution in [0.25, 0.3) is 0 Å². The van der Waals surface area contributed by atoms with E-state index < -0.39 is 0 Å². The van der Waals surface area contributed by atoms with Crippen LogP contribution in [-0.4, -0.2) is 6.54 Å². The predicted molar refractivity (Wildman–Crippen MR) is 84.2 cm³/mol. The second-order valence-electron chi connectivity index (χ2n) is 4.64. The highest BCUT2D eigenvalue weighted by atomic mass is 35.5. The predicted octanol–water partition coefficient (Wildman–Crippen LogP) is 4.61. The Hall–Kier alpha value is -0.960. The van der Waals surface area contributed by atoms with Crippen molar-refractivity contribution in [3.63, 3.8) is 0 Å². The summed E-state index contributed by atoms with van der Waals surface area (Å²) in [6.45, 7) is 4.89. The number of hydrogen-bond acceptors (Lipinski definition) is 2. The second-order valence-corrected chi connectivity index (χ2v) is 6.19. The largest absolute Gasteiger partial charge is 0.330 e. The van der Waals surface area contributed by atoms with Crippen molar-refractivity contribution in [2.45, 2.75) is 30.1 Å².